The molecule has 0 unspecified atom stereocenters. The second-order valence-electron chi connectivity index (χ2n) is 7.47. The molecule has 0 saturated carbocycles. The van der Waals surface area contributed by atoms with Gasteiger partial charge in [-0.25, -0.2) is 4.98 Å². The molecule has 160 valence electrons. The van der Waals surface area contributed by atoms with Crippen molar-refractivity contribution >= 4 is 21.6 Å². The molecule has 1 N–H and O–H groups in total. The smallest absolute Gasteiger partial charge is 0.262 e. The maximum Gasteiger partial charge on any atom is 0.262 e. The first-order chi connectivity index (χ1) is 15.0. The van der Waals surface area contributed by atoms with Crippen LogP contribution < -0.4 is 15.0 Å². The number of aliphatic hydroxyl groups excluding tert-OH is 1. The summed E-state index contributed by atoms with van der Waals surface area (Å²) in [5, 5.41) is 13.0. The number of rotatable bonds is 7. The highest BCUT2D eigenvalue weighted by molar-refractivity contribution is 7.17. The summed E-state index contributed by atoms with van der Waals surface area (Å²) in [6.45, 7) is 4.28. The lowest BCUT2D eigenvalue weighted by Gasteiger charge is -2.14. The Balaban J connectivity index is 1.54. The maximum atomic E-state index is 13.2. The van der Waals surface area contributed by atoms with Gasteiger partial charge in [-0.15, -0.1) is 11.3 Å². The van der Waals surface area contributed by atoms with Gasteiger partial charge in [0.2, 0.25) is 0 Å². The van der Waals surface area contributed by atoms with Crippen LogP contribution in [0, 0.1) is 13.8 Å². The van der Waals surface area contributed by atoms with E-state index >= 15 is 0 Å². The number of fused-ring (bicyclic) bond motifs is 1. The molecule has 7 heteroatoms. The maximum absolute atomic E-state index is 13.2. The number of nitrogens with zero attached hydrogens (tertiary/aromatic N) is 2. The fraction of sp³-hybridized carbons (Fsp3) is 0.250. The van der Waals surface area contributed by atoms with Crippen LogP contribution in [-0.4, -0.2) is 34.5 Å². The lowest BCUT2D eigenvalue weighted by molar-refractivity contribution is 0.0914. The van der Waals surface area contributed by atoms with Crippen LogP contribution in [0.25, 0.3) is 21.3 Å². The van der Waals surface area contributed by atoms with Gasteiger partial charge in [0.25, 0.3) is 5.56 Å². The van der Waals surface area contributed by atoms with Crippen LogP contribution in [0.4, 0.5) is 0 Å². The van der Waals surface area contributed by atoms with E-state index in [-0.39, 0.29) is 18.7 Å². The quantitative estimate of drug-likeness (QED) is 0.470. The highest BCUT2D eigenvalue weighted by atomic mass is 32.1. The van der Waals surface area contributed by atoms with E-state index in [1.165, 1.54) is 33.4 Å². The summed E-state index contributed by atoms with van der Waals surface area (Å²) in [7, 11) is 1.60. The van der Waals surface area contributed by atoms with E-state index in [0.29, 0.717) is 16.0 Å². The second kappa shape index (κ2) is 8.91. The van der Waals surface area contributed by atoms with Crippen LogP contribution in [0.15, 0.2) is 59.0 Å². The van der Waals surface area contributed by atoms with Gasteiger partial charge in [-0.1, -0.05) is 18.2 Å². The van der Waals surface area contributed by atoms with Crippen molar-refractivity contribution in [2.75, 3.05) is 13.7 Å². The second-order valence-corrected chi connectivity index (χ2v) is 8.33. The summed E-state index contributed by atoms with van der Waals surface area (Å²) in [5.41, 5.74) is 4.09. The fourth-order valence-corrected chi connectivity index (χ4v) is 4.27. The van der Waals surface area contributed by atoms with E-state index in [2.05, 4.69) is 31.0 Å². The third-order valence-corrected chi connectivity index (χ3v) is 6.17. The zero-order chi connectivity index (χ0) is 22.0. The molecular formula is C24H24N2O4S. The minimum Gasteiger partial charge on any atom is -0.497 e. The minimum absolute atomic E-state index is 0.0600. The summed E-state index contributed by atoms with van der Waals surface area (Å²) in [4.78, 5) is 18.3. The Morgan fingerprint density at radius 3 is 2.55 bits per heavy atom. The van der Waals surface area contributed by atoms with Crippen molar-refractivity contribution in [1.82, 2.24) is 9.55 Å². The highest BCUT2D eigenvalue weighted by Crippen LogP contribution is 2.31. The Morgan fingerprint density at radius 1 is 1.10 bits per heavy atom. The van der Waals surface area contributed by atoms with Gasteiger partial charge in [0.05, 0.1) is 25.4 Å². The number of hydrogen-bond donors (Lipinski definition) is 1. The van der Waals surface area contributed by atoms with Gasteiger partial charge >= 0.3 is 0 Å². The molecule has 0 aliphatic heterocycles. The SMILES string of the molecule is COc1ccc(OC[C@H](O)Cn2cnc3scc(-c4ccc(C)c(C)c4)c3c2=O)cc1. The predicted octanol–water partition coefficient (Wildman–Crippen LogP) is 4.19. The Hall–Kier alpha value is -3.16. The number of benzene rings is 2. The van der Waals surface area contributed by atoms with Crippen molar-refractivity contribution in [3.63, 3.8) is 0 Å². The predicted molar refractivity (Wildman–Crippen MR) is 123 cm³/mol. The molecule has 31 heavy (non-hydrogen) atoms. The van der Waals surface area contributed by atoms with E-state index in [0.717, 1.165) is 16.9 Å². The van der Waals surface area contributed by atoms with Crippen LogP contribution in [0.1, 0.15) is 11.1 Å². The molecule has 4 aromatic rings. The first-order valence-electron chi connectivity index (χ1n) is 9.95. The number of aryl methyl sites for hydroxylation is 2. The van der Waals surface area contributed by atoms with E-state index < -0.39 is 6.10 Å². The van der Waals surface area contributed by atoms with Crippen molar-refractivity contribution in [3.8, 4) is 22.6 Å². The number of hydrogen-bond acceptors (Lipinski definition) is 6. The lowest BCUT2D eigenvalue weighted by Crippen LogP contribution is -2.30. The molecule has 0 aliphatic carbocycles. The van der Waals surface area contributed by atoms with E-state index in [1.807, 2.05) is 11.4 Å². The van der Waals surface area contributed by atoms with Gasteiger partial charge in [0.15, 0.2) is 0 Å². The molecule has 4 rings (SSSR count). The van der Waals surface area contributed by atoms with Crippen molar-refractivity contribution in [2.24, 2.45) is 0 Å². The van der Waals surface area contributed by atoms with E-state index in [1.54, 1.807) is 31.4 Å². The van der Waals surface area contributed by atoms with Crippen molar-refractivity contribution in [3.05, 3.63) is 75.7 Å². The van der Waals surface area contributed by atoms with Gasteiger partial charge in [0.1, 0.15) is 29.0 Å². The molecule has 0 fully saturated rings. The van der Waals surface area contributed by atoms with Crippen LogP contribution in [-0.2, 0) is 6.54 Å². The summed E-state index contributed by atoms with van der Waals surface area (Å²) in [6, 6.07) is 13.3. The Morgan fingerprint density at radius 2 is 1.84 bits per heavy atom. The Kier molecular flexibility index (Phi) is 6.06. The lowest BCUT2D eigenvalue weighted by atomic mass is 10.0. The van der Waals surface area contributed by atoms with E-state index in [4.69, 9.17) is 9.47 Å². The fourth-order valence-electron chi connectivity index (χ4n) is 3.36. The summed E-state index contributed by atoms with van der Waals surface area (Å²) < 4.78 is 12.2. The summed E-state index contributed by atoms with van der Waals surface area (Å²) in [5.74, 6) is 1.35. The summed E-state index contributed by atoms with van der Waals surface area (Å²) >= 11 is 1.45. The van der Waals surface area contributed by atoms with Gasteiger partial charge < -0.3 is 14.6 Å². The molecule has 0 bridgehead atoms. The zero-order valence-corrected chi connectivity index (χ0v) is 18.5. The molecule has 0 amide bonds. The Labute approximate surface area is 184 Å². The average molecular weight is 437 g/mol. The van der Waals surface area contributed by atoms with Crippen LogP contribution in [0.3, 0.4) is 0 Å². The topological polar surface area (TPSA) is 73.6 Å². The zero-order valence-electron chi connectivity index (χ0n) is 17.7. The first-order valence-corrected chi connectivity index (χ1v) is 10.8. The first kappa shape index (κ1) is 21.1. The van der Waals surface area contributed by atoms with Gasteiger partial charge in [-0.3, -0.25) is 9.36 Å². The number of aliphatic hydroxyl groups is 1. The molecule has 0 spiro atoms. The molecule has 2 aromatic carbocycles. The number of ether oxygens (including phenoxy) is 2. The molecule has 0 aliphatic rings. The highest BCUT2D eigenvalue weighted by Gasteiger charge is 2.16. The number of methoxy groups -OCH3 is 1. The normalized spacial score (nSPS) is 12.1. The molecule has 2 aromatic heterocycles. The standard InChI is InChI=1S/C24H24N2O4S/c1-15-4-5-17(10-16(15)2)21-13-31-23-22(21)24(28)26(14-25-23)11-18(27)12-30-20-8-6-19(29-3)7-9-20/h4-10,13-14,18,27H,11-12H2,1-3H3/t18-/m1/s1. The molecule has 0 saturated heterocycles. The number of aromatic nitrogens is 2. The third kappa shape index (κ3) is 4.47. The van der Waals surface area contributed by atoms with Gasteiger partial charge in [0, 0.05) is 10.9 Å². The molecule has 6 nitrogen and oxygen atoms in total. The average Bonchev–Trinajstić information content (AvgIpc) is 3.21. The van der Waals surface area contributed by atoms with Crippen LogP contribution in [0.2, 0.25) is 0 Å². The number of thiophene rings is 1. The van der Waals surface area contributed by atoms with Crippen LogP contribution >= 0.6 is 11.3 Å². The minimum atomic E-state index is -0.859. The Bertz CT molecular complexity index is 1260. The molecule has 2 heterocycles. The largest absolute Gasteiger partial charge is 0.497 e. The van der Waals surface area contributed by atoms with Crippen molar-refractivity contribution < 1.29 is 14.6 Å². The van der Waals surface area contributed by atoms with E-state index in [9.17, 15) is 9.90 Å². The van der Waals surface area contributed by atoms with Crippen molar-refractivity contribution in [1.29, 1.82) is 0 Å². The third-order valence-electron chi connectivity index (χ3n) is 5.29. The van der Waals surface area contributed by atoms with Crippen molar-refractivity contribution in [2.45, 2.75) is 26.5 Å². The van der Waals surface area contributed by atoms with Gasteiger partial charge in [-0.2, -0.15) is 0 Å². The summed E-state index contributed by atoms with van der Waals surface area (Å²) in [6.07, 6.45) is 0.629. The monoisotopic (exact) mass is 436 g/mol. The van der Waals surface area contributed by atoms with Crippen LogP contribution in [0.5, 0.6) is 11.5 Å². The molecule has 1 atom stereocenters. The van der Waals surface area contributed by atoms with Gasteiger partial charge in [-0.05, 0) is 54.8 Å². The molecular weight excluding hydrogens is 412 g/mol. The molecule has 0 radical (unpaired) electrons.